The smallest absolute Gasteiger partial charge is 0.119 e. The van der Waals surface area contributed by atoms with E-state index in [0.29, 0.717) is 0 Å². The Labute approximate surface area is 157 Å². The summed E-state index contributed by atoms with van der Waals surface area (Å²) in [6, 6.07) is 21.4. The second-order valence-electron chi connectivity index (χ2n) is 7.37. The third-order valence-corrected chi connectivity index (χ3v) is 8.75. The molecule has 2 nitrogen and oxygen atoms in total. The van der Waals surface area contributed by atoms with Gasteiger partial charge in [0.1, 0.15) is 13.8 Å². The van der Waals surface area contributed by atoms with Gasteiger partial charge in [0.2, 0.25) is 0 Å². The summed E-state index contributed by atoms with van der Waals surface area (Å²) >= 11 is 0. The molecule has 136 valence electrons. The Morgan fingerprint density at radius 2 is 1.65 bits per heavy atom. The molecular formula is C23H28O2Si. The van der Waals surface area contributed by atoms with E-state index in [1.807, 2.05) is 12.1 Å². The molecule has 0 bridgehead atoms. The van der Waals surface area contributed by atoms with Gasteiger partial charge < -0.3 is 9.84 Å². The minimum atomic E-state index is -1.87. The molecule has 0 aliphatic rings. The minimum absolute atomic E-state index is 0.0959. The highest BCUT2D eigenvalue weighted by Gasteiger charge is 2.28. The van der Waals surface area contributed by atoms with Crippen molar-refractivity contribution in [3.63, 3.8) is 0 Å². The third kappa shape index (κ3) is 3.84. The highest BCUT2D eigenvalue weighted by molar-refractivity contribution is 7.00. The Bertz CT molecular complexity index is 886. The predicted molar refractivity (Wildman–Crippen MR) is 113 cm³/mol. The lowest BCUT2D eigenvalue weighted by Gasteiger charge is -2.26. The molecule has 3 aromatic rings. The molecule has 0 aromatic heterocycles. The van der Waals surface area contributed by atoms with Crippen LogP contribution in [0.1, 0.15) is 25.3 Å². The Kier molecular flexibility index (Phi) is 5.79. The molecule has 0 heterocycles. The Morgan fingerprint density at radius 3 is 2.42 bits per heavy atom. The number of fused-ring (bicyclic) bond motifs is 1. The van der Waals surface area contributed by atoms with Gasteiger partial charge in [-0.15, -0.1) is 0 Å². The lowest BCUT2D eigenvalue weighted by Crippen LogP contribution is -2.54. The monoisotopic (exact) mass is 364 g/mol. The van der Waals surface area contributed by atoms with E-state index in [4.69, 9.17) is 4.74 Å². The highest BCUT2D eigenvalue weighted by atomic mass is 28.3. The van der Waals surface area contributed by atoms with Crippen LogP contribution in [0.2, 0.25) is 13.1 Å². The van der Waals surface area contributed by atoms with Gasteiger partial charge in [0.25, 0.3) is 0 Å². The van der Waals surface area contributed by atoms with Crippen LogP contribution in [0.3, 0.4) is 0 Å². The molecule has 0 saturated carbocycles. The van der Waals surface area contributed by atoms with Crippen molar-refractivity contribution in [3.8, 4) is 5.75 Å². The SMILES string of the molecule is CCCCOc1ccc2cc([Si](C)(C)c3ccccc3CO)ccc2c1. The van der Waals surface area contributed by atoms with E-state index >= 15 is 0 Å². The van der Waals surface area contributed by atoms with Crippen molar-refractivity contribution in [1.29, 1.82) is 0 Å². The first-order chi connectivity index (χ1) is 12.6. The second kappa shape index (κ2) is 8.06. The summed E-state index contributed by atoms with van der Waals surface area (Å²) in [6.45, 7) is 7.75. The Balaban J connectivity index is 1.94. The number of aliphatic hydroxyl groups is 1. The largest absolute Gasteiger partial charge is 0.494 e. The molecule has 0 unspecified atom stereocenters. The Hall–Kier alpha value is -2.10. The van der Waals surface area contributed by atoms with Crippen molar-refractivity contribution in [1.82, 2.24) is 0 Å². The van der Waals surface area contributed by atoms with Gasteiger partial charge in [-0.2, -0.15) is 0 Å². The van der Waals surface area contributed by atoms with Crippen molar-refractivity contribution >= 4 is 29.2 Å². The molecular weight excluding hydrogens is 336 g/mol. The van der Waals surface area contributed by atoms with Gasteiger partial charge in [-0.1, -0.05) is 80.2 Å². The van der Waals surface area contributed by atoms with E-state index in [-0.39, 0.29) is 6.61 Å². The number of unbranched alkanes of at least 4 members (excludes halogenated alkanes) is 1. The maximum Gasteiger partial charge on any atom is 0.119 e. The number of rotatable bonds is 7. The summed E-state index contributed by atoms with van der Waals surface area (Å²) in [5.41, 5.74) is 1.05. The van der Waals surface area contributed by atoms with Crippen LogP contribution in [0.25, 0.3) is 10.8 Å². The molecule has 1 N–H and O–H groups in total. The van der Waals surface area contributed by atoms with E-state index < -0.39 is 8.07 Å². The second-order valence-corrected chi connectivity index (χ2v) is 11.7. The average Bonchev–Trinajstić information content (AvgIpc) is 2.67. The van der Waals surface area contributed by atoms with Crippen molar-refractivity contribution in [2.75, 3.05) is 6.61 Å². The molecule has 0 spiro atoms. The quantitative estimate of drug-likeness (QED) is 0.499. The molecule has 0 aliphatic carbocycles. The first kappa shape index (κ1) is 18.7. The predicted octanol–water partition coefficient (Wildman–Crippen LogP) is 4.33. The lowest BCUT2D eigenvalue weighted by molar-refractivity contribution is 0.283. The van der Waals surface area contributed by atoms with Crippen LogP contribution in [0.15, 0.2) is 60.7 Å². The highest BCUT2D eigenvalue weighted by Crippen LogP contribution is 2.21. The molecule has 0 radical (unpaired) electrons. The van der Waals surface area contributed by atoms with E-state index in [1.165, 1.54) is 21.1 Å². The molecule has 3 aromatic carbocycles. The van der Waals surface area contributed by atoms with Crippen LogP contribution in [0, 0.1) is 0 Å². The van der Waals surface area contributed by atoms with Gasteiger partial charge in [-0.05, 0) is 40.1 Å². The zero-order chi connectivity index (χ0) is 18.6. The minimum Gasteiger partial charge on any atom is -0.494 e. The lowest BCUT2D eigenvalue weighted by atomic mass is 10.1. The topological polar surface area (TPSA) is 29.5 Å². The van der Waals surface area contributed by atoms with Crippen LogP contribution in [-0.4, -0.2) is 19.8 Å². The fourth-order valence-corrected chi connectivity index (χ4v) is 6.27. The number of hydrogen-bond acceptors (Lipinski definition) is 2. The average molecular weight is 365 g/mol. The van der Waals surface area contributed by atoms with Crippen molar-refractivity contribution in [3.05, 3.63) is 66.2 Å². The van der Waals surface area contributed by atoms with Crippen LogP contribution in [0.5, 0.6) is 5.75 Å². The fourth-order valence-electron chi connectivity index (χ4n) is 3.46. The van der Waals surface area contributed by atoms with Gasteiger partial charge in [-0.25, -0.2) is 0 Å². The summed E-state index contributed by atoms with van der Waals surface area (Å²) in [4.78, 5) is 0. The summed E-state index contributed by atoms with van der Waals surface area (Å²) < 4.78 is 5.83. The summed E-state index contributed by atoms with van der Waals surface area (Å²) in [7, 11) is -1.87. The van der Waals surface area contributed by atoms with Crippen LogP contribution in [0.4, 0.5) is 0 Å². The number of ether oxygens (including phenoxy) is 1. The van der Waals surface area contributed by atoms with E-state index in [1.54, 1.807) is 0 Å². The van der Waals surface area contributed by atoms with Gasteiger partial charge in [-0.3, -0.25) is 0 Å². The molecule has 3 rings (SSSR count). The fraction of sp³-hybridized carbons (Fsp3) is 0.304. The van der Waals surface area contributed by atoms with Gasteiger partial charge in [0, 0.05) is 0 Å². The van der Waals surface area contributed by atoms with Crippen molar-refractivity contribution in [2.24, 2.45) is 0 Å². The summed E-state index contributed by atoms with van der Waals surface area (Å²) in [5, 5.41) is 14.9. The summed E-state index contributed by atoms with van der Waals surface area (Å²) in [5.74, 6) is 0.945. The van der Waals surface area contributed by atoms with E-state index in [9.17, 15) is 5.11 Å². The molecule has 0 atom stereocenters. The van der Waals surface area contributed by atoms with E-state index in [2.05, 4.69) is 68.5 Å². The first-order valence-corrected chi connectivity index (χ1v) is 12.4. The van der Waals surface area contributed by atoms with E-state index in [0.717, 1.165) is 30.8 Å². The normalized spacial score (nSPS) is 11.7. The Morgan fingerprint density at radius 1 is 0.923 bits per heavy atom. The van der Waals surface area contributed by atoms with Gasteiger partial charge >= 0.3 is 0 Å². The van der Waals surface area contributed by atoms with Crippen molar-refractivity contribution < 1.29 is 9.84 Å². The zero-order valence-corrected chi connectivity index (χ0v) is 17.0. The van der Waals surface area contributed by atoms with Gasteiger partial charge in [0.15, 0.2) is 0 Å². The molecule has 3 heteroatoms. The van der Waals surface area contributed by atoms with Crippen LogP contribution >= 0.6 is 0 Å². The molecule has 0 fully saturated rings. The van der Waals surface area contributed by atoms with Crippen LogP contribution < -0.4 is 15.1 Å². The molecule has 0 amide bonds. The summed E-state index contributed by atoms with van der Waals surface area (Å²) in [6.07, 6.45) is 2.23. The van der Waals surface area contributed by atoms with Gasteiger partial charge in [0.05, 0.1) is 13.2 Å². The van der Waals surface area contributed by atoms with Crippen LogP contribution in [-0.2, 0) is 6.61 Å². The first-order valence-electron chi connectivity index (χ1n) is 9.42. The molecule has 0 saturated heterocycles. The number of benzene rings is 3. The zero-order valence-electron chi connectivity index (χ0n) is 16.0. The maximum atomic E-state index is 9.73. The molecule has 0 aliphatic heterocycles. The van der Waals surface area contributed by atoms with Crippen molar-refractivity contribution in [2.45, 2.75) is 39.5 Å². The third-order valence-electron chi connectivity index (χ3n) is 5.16. The maximum absolute atomic E-state index is 9.73. The molecule has 26 heavy (non-hydrogen) atoms. The standard InChI is InChI=1S/C23H28O2Si/c1-4-5-14-25-21-12-10-19-16-22(13-11-18(19)15-21)26(2,3)23-9-7-6-8-20(23)17-24/h6-13,15-16,24H,4-5,14,17H2,1-3H3. The number of aliphatic hydroxyl groups excluding tert-OH is 1. The number of hydrogen-bond donors (Lipinski definition) is 1.